The molecule has 1 aromatic rings. The van der Waals surface area contributed by atoms with Crippen molar-refractivity contribution in [2.75, 3.05) is 19.8 Å². The molecule has 0 aliphatic carbocycles. The molecule has 1 saturated heterocycles. The number of aryl methyl sites for hydroxylation is 1. The molecule has 0 radical (unpaired) electrons. The number of benzene rings is 1. The molecule has 1 aliphatic rings. The van der Waals surface area contributed by atoms with E-state index in [1.165, 1.54) is 5.56 Å². The Labute approximate surface area is 96.5 Å². The van der Waals surface area contributed by atoms with Gasteiger partial charge in [-0.25, -0.2) is 0 Å². The molecule has 3 nitrogen and oxygen atoms in total. The third kappa shape index (κ3) is 2.74. The first kappa shape index (κ1) is 11.4. The summed E-state index contributed by atoms with van der Waals surface area (Å²) in [5.74, 6) is 1.45. The van der Waals surface area contributed by atoms with E-state index in [1.807, 2.05) is 6.07 Å². The number of rotatable bonds is 4. The van der Waals surface area contributed by atoms with Gasteiger partial charge in [-0.05, 0) is 19.4 Å². The van der Waals surface area contributed by atoms with Crippen LogP contribution in [0.2, 0.25) is 0 Å². The van der Waals surface area contributed by atoms with Gasteiger partial charge in [0.1, 0.15) is 5.75 Å². The van der Waals surface area contributed by atoms with Gasteiger partial charge in [0.15, 0.2) is 0 Å². The summed E-state index contributed by atoms with van der Waals surface area (Å²) in [6.07, 6.45) is 1.10. The Morgan fingerprint density at radius 3 is 3.06 bits per heavy atom. The van der Waals surface area contributed by atoms with E-state index in [4.69, 9.17) is 15.2 Å². The fourth-order valence-corrected chi connectivity index (χ4v) is 1.93. The molecule has 88 valence electrons. The molecule has 0 amide bonds. The predicted molar refractivity (Wildman–Crippen MR) is 63.5 cm³/mol. The maximum Gasteiger partial charge on any atom is 0.123 e. The Hall–Kier alpha value is -1.06. The monoisotopic (exact) mass is 221 g/mol. The third-order valence-electron chi connectivity index (χ3n) is 2.93. The zero-order valence-electron chi connectivity index (χ0n) is 9.74. The van der Waals surface area contributed by atoms with Gasteiger partial charge >= 0.3 is 0 Å². The second-order valence-corrected chi connectivity index (χ2v) is 4.36. The van der Waals surface area contributed by atoms with E-state index in [1.54, 1.807) is 0 Å². The molecule has 3 heteroatoms. The van der Waals surface area contributed by atoms with Crippen molar-refractivity contribution < 1.29 is 9.47 Å². The zero-order chi connectivity index (χ0) is 11.4. The molecular formula is C13H19NO2. The zero-order valence-corrected chi connectivity index (χ0v) is 9.74. The van der Waals surface area contributed by atoms with Crippen LogP contribution in [0.1, 0.15) is 17.5 Å². The van der Waals surface area contributed by atoms with E-state index >= 15 is 0 Å². The van der Waals surface area contributed by atoms with Crippen LogP contribution in [0.3, 0.4) is 0 Å². The largest absolute Gasteiger partial charge is 0.493 e. The van der Waals surface area contributed by atoms with Crippen molar-refractivity contribution in [2.24, 2.45) is 11.7 Å². The van der Waals surface area contributed by atoms with Crippen LogP contribution in [0.15, 0.2) is 18.2 Å². The molecule has 1 aromatic carbocycles. The standard InChI is InChI=1S/C13H19NO2/c1-10-2-3-13(12(6-10)7-14)16-9-11-4-5-15-8-11/h2-3,6,11H,4-5,7-9,14H2,1H3. The molecule has 2 N–H and O–H groups in total. The van der Waals surface area contributed by atoms with E-state index in [0.29, 0.717) is 12.5 Å². The summed E-state index contributed by atoms with van der Waals surface area (Å²) in [5, 5.41) is 0. The summed E-state index contributed by atoms with van der Waals surface area (Å²) in [6, 6.07) is 6.15. The second kappa shape index (κ2) is 5.32. The van der Waals surface area contributed by atoms with Crippen molar-refractivity contribution in [2.45, 2.75) is 19.9 Å². The maximum absolute atomic E-state index is 5.81. The smallest absolute Gasteiger partial charge is 0.123 e. The number of hydrogen-bond donors (Lipinski definition) is 1. The summed E-state index contributed by atoms with van der Waals surface area (Å²) in [5.41, 5.74) is 8.00. The molecule has 1 atom stereocenters. The lowest BCUT2D eigenvalue weighted by atomic mass is 10.1. The summed E-state index contributed by atoms with van der Waals surface area (Å²) in [4.78, 5) is 0. The van der Waals surface area contributed by atoms with Crippen LogP contribution in [0, 0.1) is 12.8 Å². The highest BCUT2D eigenvalue weighted by Crippen LogP contribution is 2.21. The van der Waals surface area contributed by atoms with Crippen LogP contribution in [0.4, 0.5) is 0 Å². The van der Waals surface area contributed by atoms with Gasteiger partial charge in [-0.2, -0.15) is 0 Å². The van der Waals surface area contributed by atoms with Gasteiger partial charge < -0.3 is 15.2 Å². The summed E-state index contributed by atoms with van der Waals surface area (Å²) >= 11 is 0. The predicted octanol–water partition coefficient (Wildman–Crippen LogP) is 1.87. The van der Waals surface area contributed by atoms with Crippen molar-refractivity contribution in [3.8, 4) is 5.75 Å². The van der Waals surface area contributed by atoms with E-state index < -0.39 is 0 Å². The van der Waals surface area contributed by atoms with Crippen LogP contribution >= 0.6 is 0 Å². The van der Waals surface area contributed by atoms with Gasteiger partial charge in [0.2, 0.25) is 0 Å². The SMILES string of the molecule is Cc1ccc(OCC2CCOC2)c(CN)c1. The van der Waals surface area contributed by atoms with E-state index in [9.17, 15) is 0 Å². The summed E-state index contributed by atoms with van der Waals surface area (Å²) < 4.78 is 11.1. The molecule has 0 saturated carbocycles. The molecule has 1 heterocycles. The highest BCUT2D eigenvalue weighted by atomic mass is 16.5. The molecule has 16 heavy (non-hydrogen) atoms. The Balaban J connectivity index is 1.97. The van der Waals surface area contributed by atoms with Gasteiger partial charge in [0, 0.05) is 24.6 Å². The van der Waals surface area contributed by atoms with Crippen molar-refractivity contribution in [1.29, 1.82) is 0 Å². The molecule has 0 spiro atoms. The molecule has 1 fully saturated rings. The quantitative estimate of drug-likeness (QED) is 0.844. The van der Waals surface area contributed by atoms with Crippen molar-refractivity contribution in [3.05, 3.63) is 29.3 Å². The van der Waals surface area contributed by atoms with Crippen LogP contribution in [0.5, 0.6) is 5.75 Å². The normalized spacial score (nSPS) is 20.0. The minimum atomic E-state index is 0.526. The average molecular weight is 221 g/mol. The summed E-state index contributed by atoms with van der Waals surface area (Å²) in [6.45, 7) is 5.01. The Morgan fingerprint density at radius 1 is 1.50 bits per heavy atom. The Kier molecular flexibility index (Phi) is 3.80. The highest BCUT2D eigenvalue weighted by Gasteiger charge is 2.16. The average Bonchev–Trinajstić information content (AvgIpc) is 2.80. The Morgan fingerprint density at radius 2 is 2.38 bits per heavy atom. The van der Waals surface area contributed by atoms with E-state index in [-0.39, 0.29) is 0 Å². The molecule has 1 aliphatic heterocycles. The first-order valence-corrected chi connectivity index (χ1v) is 5.79. The first-order valence-electron chi connectivity index (χ1n) is 5.79. The highest BCUT2D eigenvalue weighted by molar-refractivity contribution is 5.36. The second-order valence-electron chi connectivity index (χ2n) is 4.36. The van der Waals surface area contributed by atoms with Crippen LogP contribution in [-0.4, -0.2) is 19.8 Å². The first-order chi connectivity index (χ1) is 7.79. The fraction of sp³-hybridized carbons (Fsp3) is 0.538. The minimum absolute atomic E-state index is 0.526. The molecular weight excluding hydrogens is 202 g/mol. The van der Waals surface area contributed by atoms with Crippen LogP contribution in [0.25, 0.3) is 0 Å². The van der Waals surface area contributed by atoms with E-state index in [0.717, 1.165) is 37.6 Å². The topological polar surface area (TPSA) is 44.5 Å². The third-order valence-corrected chi connectivity index (χ3v) is 2.93. The molecule has 1 unspecified atom stereocenters. The summed E-state index contributed by atoms with van der Waals surface area (Å²) in [7, 11) is 0. The molecule has 2 rings (SSSR count). The number of nitrogens with two attached hydrogens (primary N) is 1. The van der Waals surface area contributed by atoms with Gasteiger partial charge in [-0.15, -0.1) is 0 Å². The fourth-order valence-electron chi connectivity index (χ4n) is 1.93. The Bertz CT molecular complexity index is 346. The molecule has 0 aromatic heterocycles. The van der Waals surface area contributed by atoms with Gasteiger partial charge in [-0.3, -0.25) is 0 Å². The maximum atomic E-state index is 5.81. The van der Waals surface area contributed by atoms with Gasteiger partial charge in [0.05, 0.1) is 13.2 Å². The lowest BCUT2D eigenvalue weighted by Gasteiger charge is -2.13. The van der Waals surface area contributed by atoms with Crippen molar-refractivity contribution in [3.63, 3.8) is 0 Å². The van der Waals surface area contributed by atoms with Crippen LogP contribution < -0.4 is 10.5 Å². The number of hydrogen-bond acceptors (Lipinski definition) is 3. The number of ether oxygens (including phenoxy) is 2. The minimum Gasteiger partial charge on any atom is -0.493 e. The lowest BCUT2D eigenvalue weighted by Crippen LogP contribution is -2.13. The van der Waals surface area contributed by atoms with Gasteiger partial charge in [-0.1, -0.05) is 17.7 Å². The van der Waals surface area contributed by atoms with Gasteiger partial charge in [0.25, 0.3) is 0 Å². The van der Waals surface area contributed by atoms with Crippen LogP contribution in [-0.2, 0) is 11.3 Å². The lowest BCUT2D eigenvalue weighted by molar-refractivity contribution is 0.166. The van der Waals surface area contributed by atoms with Crippen molar-refractivity contribution in [1.82, 2.24) is 0 Å². The molecule has 0 bridgehead atoms. The van der Waals surface area contributed by atoms with Crippen molar-refractivity contribution >= 4 is 0 Å². The van der Waals surface area contributed by atoms with E-state index in [2.05, 4.69) is 19.1 Å².